The monoisotopic (exact) mass is 329 g/mol. The molecule has 1 saturated heterocycles. The number of nitrogens with zero attached hydrogens (tertiary/aromatic N) is 2. The molecule has 2 unspecified atom stereocenters. The fourth-order valence-corrected chi connectivity index (χ4v) is 3.76. The van der Waals surface area contributed by atoms with E-state index in [2.05, 4.69) is 30.7 Å². The highest BCUT2D eigenvalue weighted by Gasteiger charge is 2.30. The van der Waals surface area contributed by atoms with Crippen molar-refractivity contribution in [2.75, 3.05) is 6.54 Å². The molecule has 1 N–H and O–H groups in total. The van der Waals surface area contributed by atoms with E-state index in [0.29, 0.717) is 17.4 Å². The zero-order chi connectivity index (χ0) is 17.4. The van der Waals surface area contributed by atoms with Crippen molar-refractivity contribution in [1.29, 1.82) is 0 Å². The third kappa shape index (κ3) is 2.99. The lowest BCUT2D eigenvalue weighted by atomic mass is 9.95. The minimum Gasteiger partial charge on any atom is -0.335 e. The summed E-state index contributed by atoms with van der Waals surface area (Å²) in [5, 5.41) is 0. The first-order valence-electron chi connectivity index (χ1n) is 8.88. The van der Waals surface area contributed by atoms with E-state index in [-0.39, 0.29) is 17.6 Å². The molecule has 24 heavy (non-hydrogen) atoms. The Morgan fingerprint density at radius 1 is 1.25 bits per heavy atom. The number of benzene rings is 1. The van der Waals surface area contributed by atoms with Crippen molar-refractivity contribution >= 4 is 16.9 Å². The number of carbonyl (C=O) groups is 1. The lowest BCUT2D eigenvalue weighted by Crippen LogP contribution is -2.42. The summed E-state index contributed by atoms with van der Waals surface area (Å²) in [7, 11) is 1.73. The lowest BCUT2D eigenvalue weighted by Gasteiger charge is -2.33. The molecule has 130 valence electrons. The number of imidazole rings is 1. The van der Waals surface area contributed by atoms with Crippen molar-refractivity contribution < 1.29 is 4.79 Å². The second-order valence-electron chi connectivity index (χ2n) is 7.50. The average molecular weight is 329 g/mol. The van der Waals surface area contributed by atoms with Crippen molar-refractivity contribution in [3.8, 4) is 0 Å². The van der Waals surface area contributed by atoms with Gasteiger partial charge in [-0.1, -0.05) is 20.8 Å². The number of hydrogen-bond acceptors (Lipinski definition) is 2. The summed E-state index contributed by atoms with van der Waals surface area (Å²) in [6.07, 6.45) is 3.30. The van der Waals surface area contributed by atoms with Gasteiger partial charge in [-0.05, 0) is 49.3 Å². The van der Waals surface area contributed by atoms with Crippen LogP contribution in [0.2, 0.25) is 0 Å². The second kappa shape index (κ2) is 6.46. The third-order valence-corrected chi connectivity index (χ3v) is 5.40. The lowest BCUT2D eigenvalue weighted by molar-refractivity contribution is 0.0631. The van der Waals surface area contributed by atoms with Crippen LogP contribution in [-0.2, 0) is 7.05 Å². The smallest absolute Gasteiger partial charge is 0.326 e. The van der Waals surface area contributed by atoms with E-state index in [0.717, 1.165) is 30.4 Å². The summed E-state index contributed by atoms with van der Waals surface area (Å²) in [5.41, 5.74) is 2.04. The van der Waals surface area contributed by atoms with Crippen LogP contribution in [-0.4, -0.2) is 32.9 Å². The van der Waals surface area contributed by atoms with Gasteiger partial charge in [0.15, 0.2) is 0 Å². The number of aryl methyl sites for hydroxylation is 1. The van der Waals surface area contributed by atoms with Crippen LogP contribution < -0.4 is 5.69 Å². The topological polar surface area (TPSA) is 58.1 Å². The molecular formula is C19H27N3O2. The van der Waals surface area contributed by atoms with Crippen LogP contribution in [0.15, 0.2) is 23.0 Å². The molecule has 1 fully saturated rings. The van der Waals surface area contributed by atoms with E-state index in [1.807, 2.05) is 18.2 Å². The normalized spacial score (nSPS) is 22.1. The number of carbonyl (C=O) groups excluding carboxylic acids is 1. The average Bonchev–Trinajstić information content (AvgIpc) is 2.71. The molecule has 0 bridgehead atoms. The minimum atomic E-state index is -0.154. The summed E-state index contributed by atoms with van der Waals surface area (Å²) in [6.45, 7) is 7.47. The number of hydrogen-bond donors (Lipinski definition) is 1. The number of nitrogens with one attached hydrogen (secondary N) is 1. The molecule has 3 rings (SSSR count). The van der Waals surface area contributed by atoms with E-state index in [4.69, 9.17) is 0 Å². The minimum absolute atomic E-state index is 0.0782. The van der Waals surface area contributed by atoms with Crippen molar-refractivity contribution in [2.24, 2.45) is 18.9 Å². The molecular weight excluding hydrogens is 302 g/mol. The maximum absolute atomic E-state index is 13.1. The van der Waals surface area contributed by atoms with E-state index in [1.165, 1.54) is 6.42 Å². The molecule has 1 amide bonds. The van der Waals surface area contributed by atoms with Crippen LogP contribution in [0.5, 0.6) is 0 Å². The number of amides is 1. The first kappa shape index (κ1) is 16.8. The van der Waals surface area contributed by atoms with Gasteiger partial charge >= 0.3 is 5.69 Å². The quantitative estimate of drug-likeness (QED) is 0.920. The second-order valence-corrected chi connectivity index (χ2v) is 7.50. The SMILES string of the molecule is CC1CCC(C(C)C)N(C(=O)c2ccc3c(c2)[nH]c(=O)n3C)CC1. The maximum Gasteiger partial charge on any atom is 0.326 e. The number of likely N-dealkylation sites (tertiary alicyclic amines) is 1. The Morgan fingerprint density at radius 3 is 2.71 bits per heavy atom. The Bertz CT molecular complexity index is 803. The molecule has 2 atom stereocenters. The molecule has 1 aliphatic heterocycles. The first-order valence-corrected chi connectivity index (χ1v) is 8.88. The number of aromatic nitrogens is 2. The first-order chi connectivity index (χ1) is 11.4. The maximum atomic E-state index is 13.1. The van der Waals surface area contributed by atoms with E-state index in [9.17, 15) is 9.59 Å². The summed E-state index contributed by atoms with van der Waals surface area (Å²) >= 11 is 0. The van der Waals surface area contributed by atoms with Crippen LogP contribution in [0.3, 0.4) is 0 Å². The molecule has 1 aromatic carbocycles. The number of H-pyrrole nitrogens is 1. The predicted molar refractivity (Wildman–Crippen MR) is 96.2 cm³/mol. The summed E-state index contributed by atoms with van der Waals surface area (Å²) in [5.74, 6) is 1.19. The largest absolute Gasteiger partial charge is 0.335 e. The van der Waals surface area contributed by atoms with Crippen LogP contribution in [0.25, 0.3) is 11.0 Å². The molecule has 1 aliphatic rings. The van der Waals surface area contributed by atoms with Gasteiger partial charge in [-0.15, -0.1) is 0 Å². The van der Waals surface area contributed by atoms with E-state index >= 15 is 0 Å². The zero-order valence-corrected chi connectivity index (χ0v) is 15.0. The zero-order valence-electron chi connectivity index (χ0n) is 15.0. The number of rotatable bonds is 2. The Labute approximate surface area is 142 Å². The highest BCUT2D eigenvalue weighted by molar-refractivity contribution is 5.97. The van der Waals surface area contributed by atoms with Crippen molar-refractivity contribution in [1.82, 2.24) is 14.5 Å². The Balaban J connectivity index is 1.95. The molecule has 0 aliphatic carbocycles. The molecule has 2 heterocycles. The number of fused-ring (bicyclic) bond motifs is 1. The summed E-state index contributed by atoms with van der Waals surface area (Å²) < 4.78 is 1.56. The van der Waals surface area contributed by atoms with Crippen LogP contribution in [0.1, 0.15) is 50.4 Å². The number of aromatic amines is 1. The Kier molecular flexibility index (Phi) is 4.52. The fraction of sp³-hybridized carbons (Fsp3) is 0.579. The Morgan fingerprint density at radius 2 is 2.00 bits per heavy atom. The van der Waals surface area contributed by atoms with Crippen LogP contribution >= 0.6 is 0 Å². The van der Waals surface area contributed by atoms with Crippen molar-refractivity contribution in [3.05, 3.63) is 34.2 Å². The molecule has 5 heteroatoms. The summed E-state index contributed by atoms with van der Waals surface area (Å²) in [6, 6.07) is 5.78. The van der Waals surface area contributed by atoms with Gasteiger partial charge in [-0.3, -0.25) is 9.36 Å². The van der Waals surface area contributed by atoms with Crippen molar-refractivity contribution in [2.45, 2.75) is 46.1 Å². The predicted octanol–water partition coefficient (Wildman–Crippen LogP) is 3.15. The van der Waals surface area contributed by atoms with Gasteiger partial charge in [0, 0.05) is 25.2 Å². The highest BCUT2D eigenvalue weighted by atomic mass is 16.2. The molecule has 1 aromatic heterocycles. The van der Waals surface area contributed by atoms with Crippen molar-refractivity contribution in [3.63, 3.8) is 0 Å². The van der Waals surface area contributed by atoms with E-state index in [1.54, 1.807) is 11.6 Å². The standard InChI is InChI=1S/C19H27N3O2/c1-12(2)16-7-5-13(3)9-10-22(16)18(23)14-6-8-17-15(11-14)20-19(24)21(17)4/h6,8,11-13,16H,5,7,9-10H2,1-4H3,(H,20,24). The van der Waals surface area contributed by atoms with Gasteiger partial charge < -0.3 is 9.88 Å². The molecule has 0 saturated carbocycles. The van der Waals surface area contributed by atoms with Crippen LogP contribution in [0, 0.1) is 11.8 Å². The highest BCUT2D eigenvalue weighted by Crippen LogP contribution is 2.27. The molecule has 0 radical (unpaired) electrons. The fourth-order valence-electron chi connectivity index (χ4n) is 3.76. The van der Waals surface area contributed by atoms with Gasteiger partial charge in [0.05, 0.1) is 11.0 Å². The van der Waals surface area contributed by atoms with Gasteiger partial charge in [0.25, 0.3) is 5.91 Å². The third-order valence-electron chi connectivity index (χ3n) is 5.40. The van der Waals surface area contributed by atoms with Crippen LogP contribution in [0.4, 0.5) is 0 Å². The molecule has 0 spiro atoms. The van der Waals surface area contributed by atoms with Gasteiger partial charge in [0.2, 0.25) is 0 Å². The molecule has 5 nitrogen and oxygen atoms in total. The van der Waals surface area contributed by atoms with E-state index < -0.39 is 0 Å². The molecule has 2 aromatic rings. The van der Waals surface area contributed by atoms with Gasteiger partial charge in [-0.25, -0.2) is 4.79 Å². The van der Waals surface area contributed by atoms with Gasteiger partial charge in [0.1, 0.15) is 0 Å². The Hall–Kier alpha value is -2.04. The van der Waals surface area contributed by atoms with Gasteiger partial charge in [-0.2, -0.15) is 0 Å². The summed E-state index contributed by atoms with van der Waals surface area (Å²) in [4.78, 5) is 29.8.